The summed E-state index contributed by atoms with van der Waals surface area (Å²) in [5.41, 5.74) is 0. The maximum absolute atomic E-state index is 2.26. The largest absolute Gasteiger partial charge is 0.110 e. The van der Waals surface area contributed by atoms with Crippen LogP contribution in [-0.2, 0) is 0 Å². The van der Waals surface area contributed by atoms with Gasteiger partial charge in [-0.15, -0.1) is 23.5 Å². The number of hydrogen-bond donors (Lipinski definition) is 0. The first-order chi connectivity index (χ1) is 7.43. The topological polar surface area (TPSA) is 0 Å². The van der Waals surface area contributed by atoms with Gasteiger partial charge in [-0.2, -0.15) is 0 Å². The van der Waals surface area contributed by atoms with Crippen molar-refractivity contribution in [2.24, 2.45) is 0 Å². The van der Waals surface area contributed by atoms with Gasteiger partial charge >= 0.3 is 0 Å². The van der Waals surface area contributed by atoms with E-state index in [1.165, 1.54) is 41.9 Å². The van der Waals surface area contributed by atoms with E-state index < -0.39 is 0 Å². The number of hydrogen-bond acceptors (Lipinski definition) is 2. The van der Waals surface area contributed by atoms with Gasteiger partial charge in [-0.3, -0.25) is 0 Å². The van der Waals surface area contributed by atoms with E-state index in [0.717, 1.165) is 4.58 Å². The Balaban J connectivity index is 1.72. The first kappa shape index (κ1) is 10.1. The Hall–Kier alpha value is -0.0800. The van der Waals surface area contributed by atoms with E-state index in [4.69, 9.17) is 0 Å². The molecule has 1 fully saturated rings. The maximum Gasteiger partial charge on any atom is 0.0659 e. The van der Waals surface area contributed by atoms with E-state index in [2.05, 4.69) is 47.8 Å². The highest BCUT2D eigenvalue weighted by molar-refractivity contribution is 8.19. The van der Waals surface area contributed by atoms with Crippen LogP contribution in [0.3, 0.4) is 0 Å². The second kappa shape index (κ2) is 4.42. The summed E-state index contributed by atoms with van der Waals surface area (Å²) in [6.45, 7) is 0. The van der Waals surface area contributed by atoms with Crippen molar-refractivity contribution in [3.63, 3.8) is 0 Å². The van der Waals surface area contributed by atoms with Crippen LogP contribution in [0.15, 0.2) is 34.1 Å². The highest BCUT2D eigenvalue weighted by Gasteiger charge is 2.31. The minimum Gasteiger partial charge on any atom is -0.110 e. The summed E-state index contributed by atoms with van der Waals surface area (Å²) in [6, 6.07) is 8.83. The van der Waals surface area contributed by atoms with Crippen molar-refractivity contribution in [3.8, 4) is 0 Å². The zero-order valence-corrected chi connectivity index (χ0v) is 10.4. The molecule has 0 saturated heterocycles. The number of fused-ring (bicyclic) bond motifs is 1. The van der Waals surface area contributed by atoms with Gasteiger partial charge in [-0.1, -0.05) is 31.4 Å². The molecule has 2 heteroatoms. The predicted molar refractivity (Wildman–Crippen MR) is 68.3 cm³/mol. The molecule has 0 N–H and O–H groups in total. The van der Waals surface area contributed by atoms with Gasteiger partial charge in [0.15, 0.2) is 0 Å². The van der Waals surface area contributed by atoms with Crippen molar-refractivity contribution in [1.29, 1.82) is 0 Å². The van der Waals surface area contributed by atoms with Gasteiger partial charge in [0.25, 0.3) is 0 Å². The van der Waals surface area contributed by atoms with Gasteiger partial charge in [0, 0.05) is 9.79 Å². The van der Waals surface area contributed by atoms with Crippen molar-refractivity contribution in [2.75, 3.05) is 0 Å². The molecule has 0 unspecified atom stereocenters. The third kappa shape index (κ3) is 2.07. The first-order valence-electron chi connectivity index (χ1n) is 5.70. The summed E-state index contributed by atoms with van der Waals surface area (Å²) in [7, 11) is 0. The average molecular weight is 235 g/mol. The Labute approximate surface area is 100 Å². The van der Waals surface area contributed by atoms with Gasteiger partial charge in [0.2, 0.25) is 0 Å². The van der Waals surface area contributed by atoms with Gasteiger partial charge in [-0.05, 0) is 30.9 Å². The second-order valence-electron chi connectivity index (χ2n) is 4.23. The lowest BCUT2D eigenvalue weighted by atomic mass is 9.91. The van der Waals surface area contributed by atoms with Gasteiger partial charge < -0.3 is 0 Å². The molecule has 0 spiro atoms. The Morgan fingerprint density at radius 2 is 1.47 bits per heavy atom. The third-order valence-corrected chi connectivity index (χ3v) is 6.17. The molecule has 3 rings (SSSR count). The molecular formula is C13H15S2. The molecule has 0 bridgehead atoms. The van der Waals surface area contributed by atoms with Crippen LogP contribution in [0.4, 0.5) is 0 Å². The summed E-state index contributed by atoms with van der Waals surface area (Å²) in [5, 5.41) is 0. The average Bonchev–Trinajstić information content (AvgIpc) is 2.74. The van der Waals surface area contributed by atoms with E-state index in [0.29, 0.717) is 0 Å². The van der Waals surface area contributed by atoms with E-state index >= 15 is 0 Å². The summed E-state index contributed by atoms with van der Waals surface area (Å²) in [5.74, 6) is 1.80. The van der Waals surface area contributed by atoms with Crippen LogP contribution in [0.5, 0.6) is 0 Å². The van der Waals surface area contributed by atoms with Crippen LogP contribution in [0.2, 0.25) is 0 Å². The van der Waals surface area contributed by atoms with Crippen LogP contribution in [0.25, 0.3) is 0 Å². The molecule has 1 aliphatic heterocycles. The van der Waals surface area contributed by atoms with Gasteiger partial charge in [-0.25, -0.2) is 0 Å². The molecule has 0 nitrogen and oxygen atoms in total. The molecule has 1 radical (unpaired) electrons. The smallest absolute Gasteiger partial charge is 0.0659 e. The quantitative estimate of drug-likeness (QED) is 0.689. The van der Waals surface area contributed by atoms with Crippen molar-refractivity contribution < 1.29 is 0 Å². The molecule has 0 atom stereocenters. The summed E-state index contributed by atoms with van der Waals surface area (Å²) < 4.78 is 0.725. The van der Waals surface area contributed by atoms with E-state index in [-0.39, 0.29) is 0 Å². The van der Waals surface area contributed by atoms with Crippen molar-refractivity contribution >= 4 is 23.5 Å². The standard InChI is InChI=1S/C13H15S2/c1-2-6-10(7-3-1)13-14-11-8-4-5-9-12(11)15-13/h4-5,8-9,13H,1-3,6-7H2. The fourth-order valence-electron chi connectivity index (χ4n) is 2.31. The second-order valence-corrected chi connectivity index (χ2v) is 6.83. The van der Waals surface area contributed by atoms with Gasteiger partial charge in [0.1, 0.15) is 0 Å². The zero-order valence-electron chi connectivity index (χ0n) is 8.74. The Kier molecular flexibility index (Phi) is 2.98. The first-order valence-corrected chi connectivity index (χ1v) is 7.46. The van der Waals surface area contributed by atoms with Crippen molar-refractivity contribution in [1.82, 2.24) is 0 Å². The monoisotopic (exact) mass is 235 g/mol. The van der Waals surface area contributed by atoms with Crippen molar-refractivity contribution in [3.05, 3.63) is 30.2 Å². The maximum atomic E-state index is 2.26. The van der Waals surface area contributed by atoms with E-state index in [1.807, 2.05) is 0 Å². The van der Waals surface area contributed by atoms with Crippen LogP contribution >= 0.6 is 23.5 Å². The third-order valence-electron chi connectivity index (χ3n) is 3.15. The lowest BCUT2D eigenvalue weighted by molar-refractivity contribution is 0.536. The van der Waals surface area contributed by atoms with Crippen LogP contribution in [0, 0.1) is 5.92 Å². The molecular weight excluding hydrogens is 220 g/mol. The van der Waals surface area contributed by atoms with Crippen LogP contribution in [0.1, 0.15) is 32.1 Å². The normalized spacial score (nSPS) is 22.9. The van der Waals surface area contributed by atoms with Crippen LogP contribution in [-0.4, -0.2) is 4.58 Å². The number of benzene rings is 1. The lowest BCUT2D eigenvalue weighted by Gasteiger charge is -2.25. The van der Waals surface area contributed by atoms with E-state index in [1.54, 1.807) is 5.92 Å². The lowest BCUT2D eigenvalue weighted by Crippen LogP contribution is -2.12. The molecule has 1 aromatic rings. The molecule has 1 saturated carbocycles. The van der Waals surface area contributed by atoms with Gasteiger partial charge in [0.05, 0.1) is 4.58 Å². The minimum absolute atomic E-state index is 0.725. The van der Waals surface area contributed by atoms with Crippen LogP contribution < -0.4 is 0 Å². The number of rotatable bonds is 1. The highest BCUT2D eigenvalue weighted by atomic mass is 32.2. The number of thioether (sulfide) groups is 2. The fraction of sp³-hybridized carbons (Fsp3) is 0.462. The molecule has 0 aromatic heterocycles. The predicted octanol–water partition coefficient (Wildman–Crippen LogP) is 4.75. The molecule has 0 amide bonds. The molecule has 79 valence electrons. The Morgan fingerprint density at radius 3 is 2.07 bits per heavy atom. The highest BCUT2D eigenvalue weighted by Crippen LogP contribution is 2.53. The fourth-order valence-corrected chi connectivity index (χ4v) is 5.36. The summed E-state index contributed by atoms with van der Waals surface area (Å²) >= 11 is 4.14. The summed E-state index contributed by atoms with van der Waals surface area (Å²) in [4.78, 5) is 2.98. The molecule has 15 heavy (non-hydrogen) atoms. The van der Waals surface area contributed by atoms with Crippen molar-refractivity contribution in [2.45, 2.75) is 46.5 Å². The zero-order chi connectivity index (χ0) is 10.1. The molecule has 1 aromatic carbocycles. The summed E-state index contributed by atoms with van der Waals surface area (Å²) in [6.07, 6.45) is 7.03. The van der Waals surface area contributed by atoms with E-state index in [9.17, 15) is 0 Å². The molecule has 1 heterocycles. The molecule has 2 aliphatic rings. The Bertz CT molecular complexity index is 317. The molecule has 1 aliphatic carbocycles. The SMILES string of the molecule is c1ccc2c(c1)SC([C]1CCCCC1)S2. The minimum atomic E-state index is 0.725. The Morgan fingerprint density at radius 1 is 0.867 bits per heavy atom.